The molecule has 0 aliphatic carbocycles. The van der Waals surface area contributed by atoms with E-state index < -0.39 is 0 Å². The molecule has 1 aliphatic rings. The third kappa shape index (κ3) is 4.15. The van der Waals surface area contributed by atoms with Crippen molar-refractivity contribution in [3.63, 3.8) is 0 Å². The Morgan fingerprint density at radius 2 is 1.79 bits per heavy atom. The van der Waals surface area contributed by atoms with Gasteiger partial charge in [0.25, 0.3) is 0 Å². The maximum Gasteiger partial charge on any atom is 0.336 e. The predicted molar refractivity (Wildman–Crippen MR) is 117 cm³/mol. The first-order chi connectivity index (χ1) is 14.0. The van der Waals surface area contributed by atoms with Gasteiger partial charge in [-0.2, -0.15) is 0 Å². The highest BCUT2D eigenvalue weighted by atomic mass is 16.5. The Hall–Kier alpha value is -2.79. The van der Waals surface area contributed by atoms with Gasteiger partial charge in [0.2, 0.25) is 0 Å². The summed E-state index contributed by atoms with van der Waals surface area (Å²) in [5, 5.41) is 1.04. The van der Waals surface area contributed by atoms with Gasteiger partial charge < -0.3 is 14.1 Å². The summed E-state index contributed by atoms with van der Waals surface area (Å²) in [6.45, 7) is 8.83. The molecule has 0 N–H and O–H groups in total. The van der Waals surface area contributed by atoms with Crippen LogP contribution in [0.2, 0.25) is 0 Å². The minimum atomic E-state index is -0.280. The van der Waals surface area contributed by atoms with Gasteiger partial charge in [0.1, 0.15) is 11.3 Å². The Bertz CT molecular complexity index is 1050. The highest BCUT2D eigenvalue weighted by Crippen LogP contribution is 2.29. The highest BCUT2D eigenvalue weighted by Gasteiger charge is 2.20. The molecule has 5 heteroatoms. The number of fused-ring (bicyclic) bond motifs is 1. The minimum absolute atomic E-state index is 0.280. The molecule has 1 fully saturated rings. The molecule has 152 valence electrons. The summed E-state index contributed by atoms with van der Waals surface area (Å²) in [4.78, 5) is 16.8. The zero-order chi connectivity index (χ0) is 20.4. The van der Waals surface area contributed by atoms with Gasteiger partial charge in [-0.15, -0.1) is 0 Å². The molecule has 2 heterocycles. The largest absolute Gasteiger partial charge is 0.495 e. The normalized spacial score (nSPS) is 15.2. The van der Waals surface area contributed by atoms with Gasteiger partial charge in [0, 0.05) is 44.2 Å². The van der Waals surface area contributed by atoms with Crippen molar-refractivity contribution >= 4 is 16.7 Å². The average molecular weight is 392 g/mol. The van der Waals surface area contributed by atoms with Crippen LogP contribution >= 0.6 is 0 Å². The quantitative estimate of drug-likeness (QED) is 0.608. The Balaban J connectivity index is 1.53. The van der Waals surface area contributed by atoms with Crippen LogP contribution < -0.4 is 15.3 Å². The van der Waals surface area contributed by atoms with Crippen LogP contribution in [0.1, 0.15) is 30.9 Å². The van der Waals surface area contributed by atoms with Gasteiger partial charge in [-0.3, -0.25) is 4.90 Å². The Morgan fingerprint density at radius 1 is 1.03 bits per heavy atom. The standard InChI is InChI=1S/C24H28N2O3/c1-17(2)18-8-9-22-20(14-18)19(15-24(27)29-22)16-25-10-12-26(13-11-25)21-6-4-5-7-23(21)28-3/h4-9,14-15,17H,10-13,16H2,1-3H3. The maximum absolute atomic E-state index is 12.1. The summed E-state index contributed by atoms with van der Waals surface area (Å²) < 4.78 is 10.9. The van der Waals surface area contributed by atoms with Gasteiger partial charge >= 0.3 is 5.63 Å². The van der Waals surface area contributed by atoms with Crippen LogP contribution in [0.5, 0.6) is 5.75 Å². The van der Waals surface area contributed by atoms with Crippen molar-refractivity contribution in [3.05, 3.63) is 70.1 Å². The first kappa shape index (κ1) is 19.5. The van der Waals surface area contributed by atoms with Crippen molar-refractivity contribution in [3.8, 4) is 5.75 Å². The molecule has 0 bridgehead atoms. The van der Waals surface area contributed by atoms with Gasteiger partial charge in [0.05, 0.1) is 12.8 Å². The van der Waals surface area contributed by atoms with E-state index in [0.717, 1.165) is 55.1 Å². The smallest absolute Gasteiger partial charge is 0.336 e. The van der Waals surface area contributed by atoms with E-state index in [-0.39, 0.29) is 5.63 Å². The van der Waals surface area contributed by atoms with E-state index in [1.165, 1.54) is 5.56 Å². The zero-order valence-electron chi connectivity index (χ0n) is 17.4. The molecular formula is C24H28N2O3. The Kier molecular flexibility index (Phi) is 5.58. The molecule has 1 saturated heterocycles. The van der Waals surface area contributed by atoms with Crippen molar-refractivity contribution in [1.29, 1.82) is 0 Å². The summed E-state index contributed by atoms with van der Waals surface area (Å²) in [6, 6.07) is 16.0. The van der Waals surface area contributed by atoms with E-state index in [1.807, 2.05) is 30.3 Å². The number of hydrogen-bond donors (Lipinski definition) is 0. The number of nitrogens with zero attached hydrogens (tertiary/aromatic N) is 2. The number of piperazine rings is 1. The first-order valence-electron chi connectivity index (χ1n) is 10.2. The molecule has 0 amide bonds. The second-order valence-corrected chi connectivity index (χ2v) is 7.94. The van der Waals surface area contributed by atoms with Crippen LogP contribution in [0.4, 0.5) is 5.69 Å². The average Bonchev–Trinajstić information content (AvgIpc) is 2.74. The monoisotopic (exact) mass is 392 g/mol. The van der Waals surface area contributed by atoms with Gasteiger partial charge in [-0.1, -0.05) is 32.0 Å². The second-order valence-electron chi connectivity index (χ2n) is 7.94. The number of ether oxygens (including phenoxy) is 1. The van der Waals surface area contributed by atoms with Crippen LogP contribution in [-0.2, 0) is 6.54 Å². The Morgan fingerprint density at radius 3 is 2.52 bits per heavy atom. The van der Waals surface area contributed by atoms with Gasteiger partial charge in [-0.05, 0) is 41.3 Å². The van der Waals surface area contributed by atoms with Crippen LogP contribution in [0.25, 0.3) is 11.0 Å². The second kappa shape index (κ2) is 8.29. The number of rotatable bonds is 5. The maximum atomic E-state index is 12.1. The van der Waals surface area contributed by atoms with E-state index in [1.54, 1.807) is 13.2 Å². The minimum Gasteiger partial charge on any atom is -0.495 e. The predicted octanol–water partition coefficient (Wildman–Crippen LogP) is 4.25. The lowest BCUT2D eigenvalue weighted by atomic mass is 9.99. The topological polar surface area (TPSA) is 45.9 Å². The summed E-state index contributed by atoms with van der Waals surface area (Å²) in [5.41, 5.74) is 3.84. The fourth-order valence-electron chi connectivity index (χ4n) is 4.01. The number of hydrogen-bond acceptors (Lipinski definition) is 5. The lowest BCUT2D eigenvalue weighted by Gasteiger charge is -2.36. The van der Waals surface area contributed by atoms with Crippen molar-refractivity contribution in [2.45, 2.75) is 26.3 Å². The molecule has 0 spiro atoms. The molecule has 0 unspecified atom stereocenters. The number of para-hydroxylation sites is 2. The van der Waals surface area contributed by atoms with Crippen LogP contribution in [0, 0.1) is 0 Å². The van der Waals surface area contributed by atoms with E-state index in [2.05, 4.69) is 35.8 Å². The molecule has 2 aromatic carbocycles. The van der Waals surface area contributed by atoms with Crippen molar-refractivity contribution in [2.24, 2.45) is 0 Å². The molecule has 29 heavy (non-hydrogen) atoms. The SMILES string of the molecule is COc1ccccc1N1CCN(Cc2cc(=O)oc3ccc(C(C)C)cc23)CC1. The molecule has 0 radical (unpaired) electrons. The van der Waals surface area contributed by atoms with E-state index in [4.69, 9.17) is 9.15 Å². The zero-order valence-corrected chi connectivity index (χ0v) is 17.4. The third-order valence-corrected chi connectivity index (χ3v) is 5.71. The summed E-state index contributed by atoms with van der Waals surface area (Å²) in [6.07, 6.45) is 0. The van der Waals surface area contributed by atoms with Crippen molar-refractivity contribution in [2.75, 3.05) is 38.2 Å². The van der Waals surface area contributed by atoms with Gasteiger partial charge in [-0.25, -0.2) is 4.79 Å². The summed E-state index contributed by atoms with van der Waals surface area (Å²) in [7, 11) is 1.71. The lowest BCUT2D eigenvalue weighted by molar-refractivity contribution is 0.249. The van der Waals surface area contributed by atoms with E-state index in [9.17, 15) is 4.79 Å². The number of methoxy groups -OCH3 is 1. The van der Waals surface area contributed by atoms with Gasteiger partial charge in [0.15, 0.2) is 0 Å². The fourth-order valence-corrected chi connectivity index (χ4v) is 4.01. The van der Waals surface area contributed by atoms with E-state index in [0.29, 0.717) is 11.5 Å². The fraction of sp³-hybridized carbons (Fsp3) is 0.375. The van der Waals surface area contributed by atoms with Crippen molar-refractivity contribution < 1.29 is 9.15 Å². The molecule has 5 nitrogen and oxygen atoms in total. The van der Waals surface area contributed by atoms with Crippen LogP contribution in [0.15, 0.2) is 57.7 Å². The number of benzene rings is 2. The third-order valence-electron chi connectivity index (χ3n) is 5.71. The molecule has 1 aromatic heterocycles. The molecular weight excluding hydrogens is 364 g/mol. The molecule has 0 atom stereocenters. The summed E-state index contributed by atoms with van der Waals surface area (Å²) >= 11 is 0. The molecule has 3 aromatic rings. The van der Waals surface area contributed by atoms with Crippen molar-refractivity contribution in [1.82, 2.24) is 4.90 Å². The molecule has 4 rings (SSSR count). The van der Waals surface area contributed by atoms with Crippen LogP contribution in [-0.4, -0.2) is 38.2 Å². The Labute approximate surface area is 171 Å². The highest BCUT2D eigenvalue weighted by molar-refractivity contribution is 5.81. The first-order valence-corrected chi connectivity index (χ1v) is 10.2. The molecule has 0 saturated carbocycles. The lowest BCUT2D eigenvalue weighted by Crippen LogP contribution is -2.46. The van der Waals surface area contributed by atoms with E-state index >= 15 is 0 Å². The molecule has 1 aliphatic heterocycles. The van der Waals surface area contributed by atoms with Crippen LogP contribution in [0.3, 0.4) is 0 Å². The summed E-state index contributed by atoms with van der Waals surface area (Å²) in [5.74, 6) is 1.34. The number of anilines is 1.